The summed E-state index contributed by atoms with van der Waals surface area (Å²) in [6.07, 6.45) is 6.93. The largest absolute Gasteiger partial charge is 0.299 e. The van der Waals surface area contributed by atoms with Gasteiger partial charge in [0.1, 0.15) is 0 Å². The first kappa shape index (κ1) is 14.5. The standard InChI is InChI=1S/C17H25N3O/c18-19-17(21)16-8-4-3-7-15(16)12-20-10-9-13-5-1-2-6-14(13)11-20/h3-4,7-8,13-14H,1-2,5-6,9-12,18H2,(H,19,21). The average Bonchev–Trinajstić information content (AvgIpc) is 2.54. The number of nitrogens with two attached hydrogens (primary N) is 1. The van der Waals surface area contributed by atoms with Gasteiger partial charge in [-0.1, -0.05) is 37.5 Å². The zero-order chi connectivity index (χ0) is 14.7. The first-order chi connectivity index (χ1) is 10.3. The van der Waals surface area contributed by atoms with Gasteiger partial charge in [-0.25, -0.2) is 5.84 Å². The van der Waals surface area contributed by atoms with E-state index in [-0.39, 0.29) is 5.91 Å². The van der Waals surface area contributed by atoms with Crippen LogP contribution in [0, 0.1) is 11.8 Å². The molecule has 3 rings (SSSR count). The van der Waals surface area contributed by atoms with Crippen LogP contribution in [-0.2, 0) is 6.54 Å². The quantitative estimate of drug-likeness (QED) is 0.509. The Morgan fingerprint density at radius 1 is 1.19 bits per heavy atom. The van der Waals surface area contributed by atoms with Gasteiger partial charge in [0.05, 0.1) is 0 Å². The van der Waals surface area contributed by atoms with E-state index < -0.39 is 0 Å². The molecule has 1 heterocycles. The molecule has 2 unspecified atom stereocenters. The molecule has 1 aliphatic heterocycles. The van der Waals surface area contributed by atoms with Gasteiger partial charge in [-0.15, -0.1) is 0 Å². The lowest BCUT2D eigenvalue weighted by atomic mass is 9.75. The van der Waals surface area contributed by atoms with Crippen LogP contribution in [0.4, 0.5) is 0 Å². The third-order valence-electron chi connectivity index (χ3n) is 5.16. The van der Waals surface area contributed by atoms with Crippen molar-refractivity contribution in [3.05, 3.63) is 35.4 Å². The molecule has 2 atom stereocenters. The van der Waals surface area contributed by atoms with Gasteiger partial charge < -0.3 is 0 Å². The van der Waals surface area contributed by atoms with Crippen LogP contribution in [0.1, 0.15) is 48.0 Å². The van der Waals surface area contributed by atoms with Gasteiger partial charge in [0.25, 0.3) is 5.91 Å². The third-order valence-corrected chi connectivity index (χ3v) is 5.16. The van der Waals surface area contributed by atoms with Crippen LogP contribution in [0.15, 0.2) is 24.3 Å². The highest BCUT2D eigenvalue weighted by Crippen LogP contribution is 2.36. The highest BCUT2D eigenvalue weighted by Gasteiger charge is 2.31. The Kier molecular flexibility index (Phi) is 4.56. The van der Waals surface area contributed by atoms with Gasteiger partial charge in [0.15, 0.2) is 0 Å². The summed E-state index contributed by atoms with van der Waals surface area (Å²) in [5.74, 6) is 6.89. The number of nitrogen functional groups attached to an aromatic ring is 1. The lowest BCUT2D eigenvalue weighted by molar-refractivity contribution is 0.0812. The molecule has 0 spiro atoms. The van der Waals surface area contributed by atoms with E-state index in [4.69, 9.17) is 5.84 Å². The van der Waals surface area contributed by atoms with Gasteiger partial charge in [-0.05, 0) is 42.9 Å². The second-order valence-corrected chi connectivity index (χ2v) is 6.46. The Hall–Kier alpha value is -1.39. The summed E-state index contributed by atoms with van der Waals surface area (Å²) in [6.45, 7) is 3.19. The molecule has 4 nitrogen and oxygen atoms in total. The van der Waals surface area contributed by atoms with E-state index >= 15 is 0 Å². The molecule has 114 valence electrons. The van der Waals surface area contributed by atoms with Gasteiger partial charge in [-0.2, -0.15) is 0 Å². The second kappa shape index (κ2) is 6.58. The number of nitrogens with one attached hydrogen (secondary N) is 1. The van der Waals surface area contributed by atoms with E-state index in [0.717, 1.165) is 30.5 Å². The third kappa shape index (κ3) is 3.27. The predicted octanol–water partition coefficient (Wildman–Crippen LogP) is 2.30. The Balaban J connectivity index is 1.68. The van der Waals surface area contributed by atoms with Crippen molar-refractivity contribution in [1.29, 1.82) is 0 Å². The summed E-state index contributed by atoms with van der Waals surface area (Å²) < 4.78 is 0. The molecule has 21 heavy (non-hydrogen) atoms. The molecule has 1 aromatic carbocycles. The Morgan fingerprint density at radius 2 is 1.95 bits per heavy atom. The lowest BCUT2D eigenvalue weighted by Crippen LogP contribution is -2.41. The van der Waals surface area contributed by atoms with Crippen molar-refractivity contribution < 1.29 is 4.79 Å². The van der Waals surface area contributed by atoms with Crippen molar-refractivity contribution in [3.8, 4) is 0 Å². The molecule has 3 N–H and O–H groups in total. The fourth-order valence-electron chi connectivity index (χ4n) is 4.02. The predicted molar refractivity (Wildman–Crippen MR) is 83.4 cm³/mol. The number of amides is 1. The number of nitrogens with zero attached hydrogens (tertiary/aromatic N) is 1. The smallest absolute Gasteiger partial charge is 0.265 e. The summed E-state index contributed by atoms with van der Waals surface area (Å²) in [4.78, 5) is 14.4. The number of benzene rings is 1. The SMILES string of the molecule is NNC(=O)c1ccccc1CN1CCC2CCCCC2C1. The highest BCUT2D eigenvalue weighted by atomic mass is 16.2. The van der Waals surface area contributed by atoms with Crippen molar-refractivity contribution in [2.24, 2.45) is 17.7 Å². The van der Waals surface area contributed by atoms with E-state index in [0.29, 0.717) is 5.56 Å². The van der Waals surface area contributed by atoms with Crippen molar-refractivity contribution >= 4 is 5.91 Å². The minimum atomic E-state index is -0.196. The maximum Gasteiger partial charge on any atom is 0.265 e. The minimum absolute atomic E-state index is 0.196. The monoisotopic (exact) mass is 287 g/mol. The lowest BCUT2D eigenvalue weighted by Gasteiger charge is -2.41. The van der Waals surface area contributed by atoms with Crippen LogP contribution in [-0.4, -0.2) is 23.9 Å². The number of piperidine rings is 1. The molecule has 1 aliphatic carbocycles. The fraction of sp³-hybridized carbons (Fsp3) is 0.588. The zero-order valence-electron chi connectivity index (χ0n) is 12.6. The molecule has 1 amide bonds. The van der Waals surface area contributed by atoms with Crippen LogP contribution in [0.2, 0.25) is 0 Å². The molecule has 0 bridgehead atoms. The average molecular weight is 287 g/mol. The molecular formula is C17H25N3O. The number of carbonyl (C=O) groups excluding carboxylic acids is 1. The van der Waals surface area contributed by atoms with Gasteiger partial charge in [0.2, 0.25) is 0 Å². The summed E-state index contributed by atoms with van der Waals surface area (Å²) in [6, 6.07) is 7.78. The number of hydrogen-bond acceptors (Lipinski definition) is 3. The van der Waals surface area contributed by atoms with Crippen molar-refractivity contribution in [3.63, 3.8) is 0 Å². The summed E-state index contributed by atoms with van der Waals surface area (Å²) >= 11 is 0. The first-order valence-electron chi connectivity index (χ1n) is 8.09. The van der Waals surface area contributed by atoms with Crippen LogP contribution < -0.4 is 11.3 Å². The van der Waals surface area contributed by atoms with Gasteiger partial charge in [0, 0.05) is 18.7 Å². The van der Waals surface area contributed by atoms with Gasteiger partial charge in [-0.3, -0.25) is 15.1 Å². The van der Waals surface area contributed by atoms with E-state index in [2.05, 4.69) is 10.3 Å². The number of hydrazine groups is 1. The molecule has 1 saturated carbocycles. The van der Waals surface area contributed by atoms with Crippen molar-refractivity contribution in [2.45, 2.75) is 38.6 Å². The van der Waals surface area contributed by atoms with Crippen LogP contribution in [0.3, 0.4) is 0 Å². The van der Waals surface area contributed by atoms with E-state index in [1.807, 2.05) is 24.3 Å². The fourth-order valence-corrected chi connectivity index (χ4v) is 4.02. The Morgan fingerprint density at radius 3 is 2.76 bits per heavy atom. The van der Waals surface area contributed by atoms with Crippen molar-refractivity contribution in [2.75, 3.05) is 13.1 Å². The van der Waals surface area contributed by atoms with Crippen LogP contribution in [0.25, 0.3) is 0 Å². The maximum absolute atomic E-state index is 11.8. The summed E-state index contributed by atoms with van der Waals surface area (Å²) in [5, 5.41) is 0. The zero-order valence-corrected chi connectivity index (χ0v) is 12.6. The molecule has 4 heteroatoms. The number of likely N-dealkylation sites (tertiary alicyclic amines) is 1. The summed E-state index contributed by atoms with van der Waals surface area (Å²) in [7, 11) is 0. The van der Waals surface area contributed by atoms with Gasteiger partial charge >= 0.3 is 0 Å². The van der Waals surface area contributed by atoms with Crippen LogP contribution in [0.5, 0.6) is 0 Å². The Labute approximate surface area is 126 Å². The number of rotatable bonds is 3. The second-order valence-electron chi connectivity index (χ2n) is 6.46. The van der Waals surface area contributed by atoms with E-state index in [1.54, 1.807) is 0 Å². The number of fused-ring (bicyclic) bond motifs is 1. The first-order valence-corrected chi connectivity index (χ1v) is 8.09. The number of hydrogen-bond donors (Lipinski definition) is 2. The molecule has 2 aliphatic rings. The molecule has 0 aromatic heterocycles. The molecule has 0 radical (unpaired) electrons. The normalized spacial score (nSPS) is 26.1. The topological polar surface area (TPSA) is 58.4 Å². The minimum Gasteiger partial charge on any atom is -0.299 e. The molecule has 2 fully saturated rings. The highest BCUT2D eigenvalue weighted by molar-refractivity contribution is 5.95. The molecule has 1 saturated heterocycles. The molecular weight excluding hydrogens is 262 g/mol. The van der Waals surface area contributed by atoms with Crippen LogP contribution >= 0.6 is 0 Å². The molecule has 1 aromatic rings. The van der Waals surface area contributed by atoms with Crippen molar-refractivity contribution in [1.82, 2.24) is 10.3 Å². The van der Waals surface area contributed by atoms with E-state index in [1.165, 1.54) is 38.6 Å². The Bertz CT molecular complexity index is 503. The van der Waals surface area contributed by atoms with E-state index in [9.17, 15) is 4.79 Å². The number of carbonyl (C=O) groups is 1. The summed E-state index contributed by atoms with van der Waals surface area (Å²) in [5.41, 5.74) is 4.02. The maximum atomic E-state index is 11.8.